The molecule has 0 aliphatic rings. The number of hydrogen-bond acceptors (Lipinski definition) is 3. The Hall–Kier alpha value is -3.56. The standard InChI is InChI=1S/C34H38O3/c1-6-32(34(3,4)5)28-20-22-29(23-21-28)37-25(2)35-24-36-33-30(26-14-9-7-10-15-26)18-13-19-31(33)27-16-11-8-12-17-27/h7-23,25,32H,6,24H2,1-5H3. The molecular formula is C34H38O3. The number of rotatable bonds is 10. The average Bonchev–Trinajstić information content (AvgIpc) is 2.90. The van der Waals surface area contributed by atoms with E-state index in [1.54, 1.807) is 0 Å². The molecule has 0 amide bonds. The molecule has 0 bridgehead atoms. The molecule has 0 radical (unpaired) electrons. The maximum atomic E-state index is 6.29. The molecule has 192 valence electrons. The van der Waals surface area contributed by atoms with E-state index in [4.69, 9.17) is 14.2 Å². The Bertz CT molecular complexity index is 1180. The van der Waals surface area contributed by atoms with Gasteiger partial charge in [-0.1, -0.05) is 119 Å². The molecule has 3 heteroatoms. The second-order valence-electron chi connectivity index (χ2n) is 10.4. The summed E-state index contributed by atoms with van der Waals surface area (Å²) in [6.07, 6.45) is 0.648. The Kier molecular flexibility index (Phi) is 8.68. The van der Waals surface area contributed by atoms with E-state index in [1.807, 2.05) is 55.5 Å². The van der Waals surface area contributed by atoms with Gasteiger partial charge in [0, 0.05) is 11.1 Å². The summed E-state index contributed by atoms with van der Waals surface area (Å²) in [6.45, 7) is 11.1. The lowest BCUT2D eigenvalue weighted by atomic mass is 9.75. The third-order valence-corrected chi connectivity index (χ3v) is 6.73. The fourth-order valence-corrected chi connectivity index (χ4v) is 4.92. The van der Waals surface area contributed by atoms with E-state index >= 15 is 0 Å². The lowest BCUT2D eigenvalue weighted by molar-refractivity contribution is -0.116. The molecule has 0 fully saturated rings. The van der Waals surface area contributed by atoms with Gasteiger partial charge >= 0.3 is 0 Å². The van der Waals surface area contributed by atoms with Crippen molar-refractivity contribution in [3.8, 4) is 33.8 Å². The molecule has 4 rings (SSSR count). The number of para-hydroxylation sites is 1. The average molecular weight is 495 g/mol. The van der Waals surface area contributed by atoms with Crippen LogP contribution in [0, 0.1) is 5.41 Å². The van der Waals surface area contributed by atoms with Crippen LogP contribution in [0.2, 0.25) is 0 Å². The first-order chi connectivity index (χ1) is 17.9. The highest BCUT2D eigenvalue weighted by molar-refractivity contribution is 5.82. The smallest absolute Gasteiger partial charge is 0.200 e. The van der Waals surface area contributed by atoms with Crippen molar-refractivity contribution in [2.45, 2.75) is 53.2 Å². The second kappa shape index (κ2) is 12.1. The van der Waals surface area contributed by atoms with Crippen LogP contribution in [0.15, 0.2) is 103 Å². The van der Waals surface area contributed by atoms with Gasteiger partial charge in [0.2, 0.25) is 6.29 Å². The summed E-state index contributed by atoms with van der Waals surface area (Å²) in [6, 6.07) is 35.2. The van der Waals surface area contributed by atoms with E-state index in [1.165, 1.54) is 5.56 Å². The molecule has 0 aliphatic heterocycles. The maximum Gasteiger partial charge on any atom is 0.200 e. The summed E-state index contributed by atoms with van der Waals surface area (Å²) < 4.78 is 18.3. The zero-order valence-electron chi connectivity index (χ0n) is 22.6. The van der Waals surface area contributed by atoms with Crippen LogP contribution in [-0.4, -0.2) is 13.1 Å². The number of hydrogen-bond donors (Lipinski definition) is 0. The van der Waals surface area contributed by atoms with Crippen LogP contribution in [0.3, 0.4) is 0 Å². The zero-order valence-corrected chi connectivity index (χ0v) is 22.6. The van der Waals surface area contributed by atoms with Crippen molar-refractivity contribution >= 4 is 0 Å². The van der Waals surface area contributed by atoms with Crippen molar-refractivity contribution in [1.29, 1.82) is 0 Å². The lowest BCUT2D eigenvalue weighted by Crippen LogP contribution is -2.20. The van der Waals surface area contributed by atoms with Crippen LogP contribution in [0.1, 0.15) is 52.5 Å². The summed E-state index contributed by atoms with van der Waals surface area (Å²) in [5.41, 5.74) is 5.81. The van der Waals surface area contributed by atoms with Crippen molar-refractivity contribution in [2.75, 3.05) is 6.79 Å². The van der Waals surface area contributed by atoms with Crippen LogP contribution >= 0.6 is 0 Å². The van der Waals surface area contributed by atoms with Gasteiger partial charge in [0.1, 0.15) is 11.5 Å². The fraction of sp³-hybridized carbons (Fsp3) is 0.294. The van der Waals surface area contributed by atoms with Gasteiger partial charge in [0.25, 0.3) is 0 Å². The summed E-state index contributed by atoms with van der Waals surface area (Å²) in [7, 11) is 0. The zero-order chi connectivity index (χ0) is 26.3. The van der Waals surface area contributed by atoms with Gasteiger partial charge in [-0.3, -0.25) is 0 Å². The van der Waals surface area contributed by atoms with Gasteiger partial charge in [0.15, 0.2) is 6.79 Å². The third-order valence-electron chi connectivity index (χ3n) is 6.73. The maximum absolute atomic E-state index is 6.29. The van der Waals surface area contributed by atoms with Crippen LogP contribution in [0.5, 0.6) is 11.5 Å². The molecule has 0 spiro atoms. The quantitative estimate of drug-likeness (QED) is 0.206. The van der Waals surface area contributed by atoms with Gasteiger partial charge in [0.05, 0.1) is 0 Å². The van der Waals surface area contributed by atoms with Crippen LogP contribution < -0.4 is 9.47 Å². The number of ether oxygens (including phenoxy) is 3. The van der Waals surface area contributed by atoms with Crippen molar-refractivity contribution in [2.24, 2.45) is 5.41 Å². The molecule has 4 aromatic rings. The largest absolute Gasteiger partial charge is 0.466 e. The predicted molar refractivity (Wildman–Crippen MR) is 153 cm³/mol. The van der Waals surface area contributed by atoms with Gasteiger partial charge in [-0.05, 0) is 53.5 Å². The van der Waals surface area contributed by atoms with E-state index in [2.05, 4.69) is 82.3 Å². The molecule has 37 heavy (non-hydrogen) atoms. The highest BCUT2D eigenvalue weighted by Gasteiger charge is 2.24. The Labute approximate surface area is 222 Å². The van der Waals surface area contributed by atoms with Gasteiger partial charge < -0.3 is 14.2 Å². The summed E-state index contributed by atoms with van der Waals surface area (Å²) in [5.74, 6) is 2.09. The van der Waals surface area contributed by atoms with E-state index < -0.39 is 6.29 Å². The molecule has 0 aliphatic carbocycles. The molecule has 0 N–H and O–H groups in total. The van der Waals surface area contributed by atoms with E-state index in [0.29, 0.717) is 5.92 Å². The predicted octanol–water partition coefficient (Wildman–Crippen LogP) is 9.34. The second-order valence-corrected chi connectivity index (χ2v) is 10.4. The summed E-state index contributed by atoms with van der Waals surface area (Å²) in [5, 5.41) is 0. The summed E-state index contributed by atoms with van der Waals surface area (Å²) in [4.78, 5) is 0. The minimum atomic E-state index is -0.459. The van der Waals surface area contributed by atoms with E-state index in [-0.39, 0.29) is 12.2 Å². The SMILES string of the molecule is CCC(c1ccc(OC(C)OCOc2c(-c3ccccc3)cccc2-c2ccccc2)cc1)C(C)(C)C. The molecule has 2 unspecified atom stereocenters. The van der Waals surface area contributed by atoms with E-state index in [9.17, 15) is 0 Å². The van der Waals surface area contributed by atoms with Gasteiger partial charge in [-0.15, -0.1) is 0 Å². The molecule has 0 saturated carbocycles. The summed E-state index contributed by atoms with van der Waals surface area (Å²) >= 11 is 0. The molecule has 4 aromatic carbocycles. The van der Waals surface area contributed by atoms with Crippen LogP contribution in [0.25, 0.3) is 22.3 Å². The van der Waals surface area contributed by atoms with Crippen molar-refractivity contribution < 1.29 is 14.2 Å². The monoisotopic (exact) mass is 494 g/mol. The Balaban J connectivity index is 1.45. The lowest BCUT2D eigenvalue weighted by Gasteiger charge is -2.30. The van der Waals surface area contributed by atoms with Crippen molar-refractivity contribution in [3.63, 3.8) is 0 Å². The van der Waals surface area contributed by atoms with Crippen LogP contribution in [0.4, 0.5) is 0 Å². The minimum Gasteiger partial charge on any atom is -0.466 e. The highest BCUT2D eigenvalue weighted by atomic mass is 16.7. The first-order valence-electron chi connectivity index (χ1n) is 13.1. The van der Waals surface area contributed by atoms with Crippen molar-refractivity contribution in [1.82, 2.24) is 0 Å². The Morgan fingerprint density at radius 1 is 0.676 bits per heavy atom. The normalized spacial score (nSPS) is 13.1. The first-order valence-corrected chi connectivity index (χ1v) is 13.1. The van der Waals surface area contributed by atoms with Crippen LogP contribution in [-0.2, 0) is 4.74 Å². The fourth-order valence-electron chi connectivity index (χ4n) is 4.92. The van der Waals surface area contributed by atoms with Gasteiger partial charge in [-0.2, -0.15) is 0 Å². The topological polar surface area (TPSA) is 27.7 Å². The van der Waals surface area contributed by atoms with Gasteiger partial charge in [-0.25, -0.2) is 0 Å². The molecule has 0 heterocycles. The Morgan fingerprint density at radius 2 is 1.22 bits per heavy atom. The molecule has 3 nitrogen and oxygen atoms in total. The first kappa shape index (κ1) is 26.5. The molecule has 0 saturated heterocycles. The number of benzene rings is 4. The van der Waals surface area contributed by atoms with Crippen molar-refractivity contribution in [3.05, 3.63) is 109 Å². The highest BCUT2D eigenvalue weighted by Crippen LogP contribution is 2.40. The van der Waals surface area contributed by atoms with E-state index in [0.717, 1.165) is 40.2 Å². The molecule has 2 atom stereocenters. The third kappa shape index (κ3) is 6.81. The molecular weight excluding hydrogens is 456 g/mol. The minimum absolute atomic E-state index is 0.0743. The Morgan fingerprint density at radius 3 is 1.70 bits per heavy atom. The molecule has 0 aromatic heterocycles.